The average Bonchev–Trinajstić information content (AvgIpc) is 2.44. The summed E-state index contributed by atoms with van der Waals surface area (Å²) in [4.78, 5) is 12.4. The van der Waals surface area contributed by atoms with Crippen LogP contribution in [0.3, 0.4) is 0 Å². The van der Waals surface area contributed by atoms with Crippen LogP contribution in [0.25, 0.3) is 0 Å². The van der Waals surface area contributed by atoms with Crippen LogP contribution in [0.15, 0.2) is 0 Å². The van der Waals surface area contributed by atoms with Crippen molar-refractivity contribution in [3.05, 3.63) is 16.4 Å². The van der Waals surface area contributed by atoms with Gasteiger partial charge in [0.1, 0.15) is 10.9 Å². The molecule has 1 heterocycles. The van der Waals surface area contributed by atoms with Crippen LogP contribution < -0.4 is 0 Å². The van der Waals surface area contributed by atoms with Crippen LogP contribution in [0.1, 0.15) is 39.0 Å². The quantitative estimate of drug-likeness (QED) is 0.822. The number of aryl methyl sites for hydroxylation is 2. The van der Waals surface area contributed by atoms with E-state index in [0.717, 1.165) is 11.3 Å². The first-order chi connectivity index (χ1) is 8.25. The Kier molecular flexibility index (Phi) is 4.97. The molecule has 3 nitrogen and oxygen atoms in total. The maximum absolute atomic E-state index is 12.4. The molecule has 0 spiro atoms. The maximum Gasteiger partial charge on any atom is 0.141 e. The van der Waals surface area contributed by atoms with Gasteiger partial charge in [0.25, 0.3) is 0 Å². The molecule has 0 saturated carbocycles. The number of ketones is 1. The molecule has 0 aromatic carbocycles. The smallest absolute Gasteiger partial charge is 0.141 e. The minimum Gasteiger partial charge on any atom is -0.299 e. The Hall–Kier alpha value is -0.830. The minimum atomic E-state index is 0.0840. The summed E-state index contributed by atoms with van der Waals surface area (Å²) in [5.41, 5.74) is 1.72. The van der Waals surface area contributed by atoms with E-state index in [1.54, 1.807) is 11.7 Å². The topological polar surface area (TPSA) is 34.9 Å². The van der Waals surface area contributed by atoms with E-state index in [2.05, 4.69) is 32.8 Å². The van der Waals surface area contributed by atoms with Gasteiger partial charge < -0.3 is 0 Å². The van der Waals surface area contributed by atoms with Crippen molar-refractivity contribution in [3.8, 4) is 0 Å². The van der Waals surface area contributed by atoms with Gasteiger partial charge >= 0.3 is 0 Å². The number of Topliss-reactive ketones (excluding diaryl/α,β-unsaturated/α-hetero) is 1. The molecule has 18 heavy (non-hydrogen) atoms. The lowest BCUT2D eigenvalue weighted by Gasteiger charge is -2.23. The van der Waals surface area contributed by atoms with Crippen molar-refractivity contribution in [2.75, 3.05) is 0 Å². The van der Waals surface area contributed by atoms with E-state index < -0.39 is 0 Å². The van der Waals surface area contributed by atoms with Crippen molar-refractivity contribution in [1.82, 2.24) is 9.78 Å². The fraction of sp³-hybridized carbons (Fsp3) is 0.714. The Morgan fingerprint density at radius 1 is 1.28 bits per heavy atom. The van der Waals surface area contributed by atoms with Crippen molar-refractivity contribution in [2.24, 2.45) is 24.8 Å². The summed E-state index contributed by atoms with van der Waals surface area (Å²) in [6, 6.07) is 0. The summed E-state index contributed by atoms with van der Waals surface area (Å²) < 4.78 is 1.62. The summed E-state index contributed by atoms with van der Waals surface area (Å²) in [6.07, 6.45) is 0.388. The second-order valence-corrected chi connectivity index (χ2v) is 5.99. The number of halogens is 1. The van der Waals surface area contributed by atoms with E-state index in [-0.39, 0.29) is 11.7 Å². The van der Waals surface area contributed by atoms with E-state index in [1.807, 2.05) is 6.92 Å². The second-order valence-electron chi connectivity index (χ2n) is 5.64. The van der Waals surface area contributed by atoms with Gasteiger partial charge in [-0.05, 0) is 18.8 Å². The van der Waals surface area contributed by atoms with E-state index in [1.165, 1.54) is 0 Å². The largest absolute Gasteiger partial charge is 0.299 e. The van der Waals surface area contributed by atoms with E-state index in [9.17, 15) is 4.79 Å². The molecular weight excluding hydrogens is 248 g/mol. The molecule has 1 aromatic heterocycles. The molecule has 0 atom stereocenters. The number of aromatic nitrogens is 2. The van der Waals surface area contributed by atoms with Gasteiger partial charge in [-0.1, -0.05) is 39.3 Å². The van der Waals surface area contributed by atoms with Gasteiger partial charge in [-0.2, -0.15) is 5.10 Å². The van der Waals surface area contributed by atoms with E-state index >= 15 is 0 Å². The minimum absolute atomic E-state index is 0.0840. The summed E-state index contributed by atoms with van der Waals surface area (Å²) in [5, 5.41) is 4.82. The highest BCUT2D eigenvalue weighted by Crippen LogP contribution is 2.26. The Morgan fingerprint density at radius 3 is 2.11 bits per heavy atom. The third kappa shape index (κ3) is 3.14. The number of carbonyl (C=O) groups excluding carboxylic acids is 1. The van der Waals surface area contributed by atoms with Gasteiger partial charge in [-0.3, -0.25) is 9.48 Å². The molecule has 0 bridgehead atoms. The first-order valence-corrected chi connectivity index (χ1v) is 6.84. The lowest BCUT2D eigenvalue weighted by Crippen LogP contribution is -2.27. The molecule has 0 aliphatic carbocycles. The number of hydrogen-bond donors (Lipinski definition) is 0. The van der Waals surface area contributed by atoms with Crippen LogP contribution >= 0.6 is 11.6 Å². The molecule has 102 valence electrons. The highest BCUT2D eigenvalue weighted by molar-refractivity contribution is 6.30. The first-order valence-electron chi connectivity index (χ1n) is 6.46. The third-order valence-corrected chi connectivity index (χ3v) is 3.90. The monoisotopic (exact) mass is 270 g/mol. The molecule has 0 unspecified atom stereocenters. The predicted molar refractivity (Wildman–Crippen MR) is 74.8 cm³/mol. The zero-order chi connectivity index (χ0) is 14.0. The fourth-order valence-corrected chi connectivity index (χ4v) is 2.92. The Morgan fingerprint density at radius 2 is 1.78 bits per heavy atom. The summed E-state index contributed by atoms with van der Waals surface area (Å²) in [5.74, 6) is 1.06. The van der Waals surface area contributed by atoms with Crippen molar-refractivity contribution < 1.29 is 4.79 Å². The highest BCUT2D eigenvalue weighted by Gasteiger charge is 2.27. The molecule has 1 aromatic rings. The van der Waals surface area contributed by atoms with Crippen LogP contribution in [0, 0.1) is 24.7 Å². The number of hydrogen-bond acceptors (Lipinski definition) is 2. The number of carbonyl (C=O) groups is 1. The molecule has 0 aliphatic rings. The third-order valence-electron chi connectivity index (χ3n) is 3.43. The normalized spacial score (nSPS) is 11.9. The average molecular weight is 271 g/mol. The number of rotatable bonds is 5. The van der Waals surface area contributed by atoms with Gasteiger partial charge in [0.15, 0.2) is 0 Å². The van der Waals surface area contributed by atoms with Gasteiger partial charge in [0.2, 0.25) is 0 Å². The molecule has 0 fully saturated rings. The Balaban J connectivity index is 2.93. The molecule has 0 N–H and O–H groups in total. The van der Waals surface area contributed by atoms with Crippen LogP contribution in [0.4, 0.5) is 0 Å². The highest BCUT2D eigenvalue weighted by atomic mass is 35.5. The standard InChI is InChI=1S/C14H23ClN2O/c1-8(2)13(9(3)4)12(18)7-11-10(5)16-17(6)14(11)15/h8-9,13H,7H2,1-6H3. The summed E-state index contributed by atoms with van der Waals surface area (Å²) >= 11 is 6.17. The fourth-order valence-electron chi connectivity index (χ4n) is 2.68. The number of nitrogens with zero attached hydrogens (tertiary/aromatic N) is 2. The Labute approximate surface area is 115 Å². The molecule has 0 saturated heterocycles. The summed E-state index contributed by atoms with van der Waals surface area (Å²) in [7, 11) is 1.80. The predicted octanol–water partition coefficient (Wildman–Crippen LogP) is 3.42. The van der Waals surface area contributed by atoms with Crippen LogP contribution in [0.5, 0.6) is 0 Å². The SMILES string of the molecule is Cc1nn(C)c(Cl)c1CC(=O)C(C(C)C)C(C)C. The van der Waals surface area contributed by atoms with Gasteiger partial charge in [0.05, 0.1) is 5.69 Å². The van der Waals surface area contributed by atoms with E-state index in [0.29, 0.717) is 23.4 Å². The lowest BCUT2D eigenvalue weighted by molar-refractivity contribution is -0.125. The van der Waals surface area contributed by atoms with Crippen molar-refractivity contribution in [2.45, 2.75) is 41.0 Å². The van der Waals surface area contributed by atoms with Gasteiger partial charge in [-0.25, -0.2) is 0 Å². The van der Waals surface area contributed by atoms with Crippen molar-refractivity contribution in [1.29, 1.82) is 0 Å². The molecule has 1 rings (SSSR count). The van der Waals surface area contributed by atoms with Crippen LogP contribution in [-0.2, 0) is 18.3 Å². The molecular formula is C14H23ClN2O. The van der Waals surface area contributed by atoms with Gasteiger partial charge in [0, 0.05) is 24.9 Å². The van der Waals surface area contributed by atoms with Crippen LogP contribution in [0.2, 0.25) is 5.15 Å². The van der Waals surface area contributed by atoms with Gasteiger partial charge in [-0.15, -0.1) is 0 Å². The second kappa shape index (κ2) is 5.87. The van der Waals surface area contributed by atoms with Crippen molar-refractivity contribution >= 4 is 17.4 Å². The maximum atomic E-state index is 12.4. The zero-order valence-corrected chi connectivity index (χ0v) is 12.9. The molecule has 0 amide bonds. The first kappa shape index (κ1) is 15.2. The lowest BCUT2D eigenvalue weighted by atomic mass is 9.80. The molecule has 0 aliphatic heterocycles. The Bertz CT molecular complexity index is 427. The van der Waals surface area contributed by atoms with Crippen molar-refractivity contribution in [3.63, 3.8) is 0 Å². The van der Waals surface area contributed by atoms with Crippen LogP contribution in [-0.4, -0.2) is 15.6 Å². The molecule has 0 radical (unpaired) electrons. The van der Waals surface area contributed by atoms with E-state index in [4.69, 9.17) is 11.6 Å². The molecule has 4 heteroatoms. The summed E-state index contributed by atoms with van der Waals surface area (Å²) in [6.45, 7) is 10.3. The zero-order valence-electron chi connectivity index (χ0n) is 12.1.